The molecule has 2 N–H and O–H groups in total. The van der Waals surface area contributed by atoms with Gasteiger partial charge in [0.15, 0.2) is 0 Å². The van der Waals surface area contributed by atoms with Crippen molar-refractivity contribution < 1.29 is 18.3 Å². The minimum Gasteiger partial charge on any atom is -0.383 e. The molecule has 0 saturated carbocycles. The van der Waals surface area contributed by atoms with Crippen LogP contribution in [0.25, 0.3) is 11.2 Å². The van der Waals surface area contributed by atoms with E-state index in [1.807, 2.05) is 19.2 Å². The third kappa shape index (κ3) is 5.16. The Morgan fingerprint density at radius 1 is 1.27 bits per heavy atom. The second-order valence-electron chi connectivity index (χ2n) is 7.96. The predicted molar refractivity (Wildman–Crippen MR) is 121 cm³/mol. The molecule has 1 amide bonds. The van der Waals surface area contributed by atoms with Gasteiger partial charge in [0.1, 0.15) is 11.3 Å². The van der Waals surface area contributed by atoms with Gasteiger partial charge in [-0.1, -0.05) is 6.08 Å². The molecule has 1 aliphatic rings. The molecule has 0 aliphatic heterocycles. The molecule has 0 radical (unpaired) electrons. The number of methoxy groups -OCH3 is 1. The van der Waals surface area contributed by atoms with Gasteiger partial charge in [0.05, 0.1) is 25.0 Å². The van der Waals surface area contributed by atoms with Crippen molar-refractivity contribution in [1.29, 1.82) is 0 Å². The summed E-state index contributed by atoms with van der Waals surface area (Å²) >= 11 is 0. The molecule has 0 unspecified atom stereocenters. The molecule has 33 heavy (non-hydrogen) atoms. The number of carbonyl (C=O) groups is 1. The average molecular weight is 456 g/mol. The summed E-state index contributed by atoms with van der Waals surface area (Å²) in [6, 6.07) is 3.80. The van der Waals surface area contributed by atoms with Crippen LogP contribution in [0, 0.1) is 0 Å². The standard InChI is InChI=1S/C23H26F2N6O2/c1-14(13-33-2)29-23-28-9-17-16(5-3-4-6-18(17)30-23)15-7-8-21-26-10-19(31(21)12-15)22(32)27-11-20(24)25/h5,7-10,12,14,20H,3-4,6,11,13H2,1-2H3,(H,27,32)(H,28,29,30)/t14-/m0/s1. The van der Waals surface area contributed by atoms with Crippen LogP contribution in [0.5, 0.6) is 0 Å². The Morgan fingerprint density at radius 3 is 2.91 bits per heavy atom. The number of alkyl halides is 2. The zero-order chi connectivity index (χ0) is 23.4. The van der Waals surface area contributed by atoms with Crippen LogP contribution in [0.4, 0.5) is 14.7 Å². The number of carbonyl (C=O) groups excluding carboxylic acids is 1. The van der Waals surface area contributed by atoms with Crippen molar-refractivity contribution in [3.05, 3.63) is 59.3 Å². The van der Waals surface area contributed by atoms with Gasteiger partial charge in [-0.3, -0.25) is 9.20 Å². The monoisotopic (exact) mass is 456 g/mol. The van der Waals surface area contributed by atoms with Crippen molar-refractivity contribution in [2.75, 3.05) is 25.6 Å². The zero-order valence-electron chi connectivity index (χ0n) is 18.5. The van der Waals surface area contributed by atoms with Crippen LogP contribution in [-0.2, 0) is 11.2 Å². The molecule has 0 bridgehead atoms. The number of pyridine rings is 1. The smallest absolute Gasteiger partial charge is 0.270 e. The largest absolute Gasteiger partial charge is 0.383 e. The Kier molecular flexibility index (Phi) is 6.93. The van der Waals surface area contributed by atoms with Gasteiger partial charge in [0.2, 0.25) is 5.95 Å². The first kappa shape index (κ1) is 22.8. The Hall–Kier alpha value is -3.40. The second-order valence-corrected chi connectivity index (χ2v) is 7.96. The fourth-order valence-corrected chi connectivity index (χ4v) is 3.88. The van der Waals surface area contributed by atoms with Gasteiger partial charge in [-0.25, -0.2) is 23.7 Å². The SMILES string of the molecule is COC[C@H](C)Nc1ncc2c(n1)CCCC=C2c1ccc2ncc(C(=O)NCC(F)F)n2c1. The molecular weight excluding hydrogens is 430 g/mol. The minimum atomic E-state index is -2.62. The Morgan fingerprint density at radius 2 is 2.12 bits per heavy atom. The van der Waals surface area contributed by atoms with Gasteiger partial charge >= 0.3 is 0 Å². The molecule has 3 aromatic rings. The van der Waals surface area contributed by atoms with Gasteiger partial charge in [-0.05, 0) is 49.5 Å². The van der Waals surface area contributed by atoms with Crippen molar-refractivity contribution in [1.82, 2.24) is 24.7 Å². The summed E-state index contributed by atoms with van der Waals surface area (Å²) in [7, 11) is 1.65. The van der Waals surface area contributed by atoms with Crippen molar-refractivity contribution in [3.63, 3.8) is 0 Å². The highest BCUT2D eigenvalue weighted by Crippen LogP contribution is 2.30. The molecule has 0 spiro atoms. The van der Waals surface area contributed by atoms with Gasteiger partial charge in [-0.2, -0.15) is 0 Å². The van der Waals surface area contributed by atoms with Crippen LogP contribution in [0.1, 0.15) is 47.1 Å². The lowest BCUT2D eigenvalue weighted by Gasteiger charge is -2.15. The summed E-state index contributed by atoms with van der Waals surface area (Å²) < 4.78 is 31.8. The highest BCUT2D eigenvalue weighted by atomic mass is 19.3. The number of nitrogens with zero attached hydrogens (tertiary/aromatic N) is 4. The number of aromatic nitrogens is 4. The van der Waals surface area contributed by atoms with E-state index in [0.29, 0.717) is 18.2 Å². The number of rotatable bonds is 8. The Balaban J connectivity index is 1.66. The highest BCUT2D eigenvalue weighted by Gasteiger charge is 2.19. The number of imidazole rings is 1. The predicted octanol–water partition coefficient (Wildman–Crippen LogP) is 3.33. The van der Waals surface area contributed by atoms with Gasteiger partial charge in [0, 0.05) is 31.1 Å². The third-order valence-corrected chi connectivity index (χ3v) is 5.38. The first-order valence-corrected chi connectivity index (χ1v) is 10.8. The van der Waals surface area contributed by atoms with E-state index < -0.39 is 18.9 Å². The zero-order valence-corrected chi connectivity index (χ0v) is 18.5. The van der Waals surface area contributed by atoms with E-state index in [2.05, 4.69) is 26.7 Å². The lowest BCUT2D eigenvalue weighted by atomic mass is 9.99. The number of hydrogen-bond acceptors (Lipinski definition) is 6. The van der Waals surface area contributed by atoms with E-state index in [1.54, 1.807) is 23.8 Å². The van der Waals surface area contributed by atoms with Crippen LogP contribution in [0.3, 0.4) is 0 Å². The van der Waals surface area contributed by atoms with Gasteiger partial charge < -0.3 is 15.4 Å². The number of halogens is 2. The molecule has 1 aliphatic carbocycles. The molecule has 3 aromatic heterocycles. The van der Waals surface area contributed by atoms with Crippen LogP contribution in [-0.4, -0.2) is 58.0 Å². The average Bonchev–Trinajstić information content (AvgIpc) is 3.10. The number of fused-ring (bicyclic) bond motifs is 2. The fraction of sp³-hybridized carbons (Fsp3) is 0.391. The summed E-state index contributed by atoms with van der Waals surface area (Å²) in [4.78, 5) is 25.8. The quantitative estimate of drug-likeness (QED) is 0.540. The van der Waals surface area contributed by atoms with Crippen LogP contribution >= 0.6 is 0 Å². The maximum absolute atomic E-state index is 12.5. The summed E-state index contributed by atoms with van der Waals surface area (Å²) in [5.41, 5.74) is 4.46. The van der Waals surface area contributed by atoms with E-state index in [1.165, 1.54) is 6.20 Å². The van der Waals surface area contributed by atoms with Crippen LogP contribution < -0.4 is 10.6 Å². The Bertz CT molecular complexity index is 1180. The first-order valence-electron chi connectivity index (χ1n) is 10.8. The molecule has 3 heterocycles. The number of aryl methyl sites for hydroxylation is 1. The lowest BCUT2D eigenvalue weighted by Crippen LogP contribution is -2.29. The van der Waals surface area contributed by atoms with E-state index in [0.717, 1.165) is 41.7 Å². The molecule has 10 heteroatoms. The summed E-state index contributed by atoms with van der Waals surface area (Å²) in [5, 5.41) is 5.48. The normalized spacial score (nSPS) is 14.5. The molecule has 0 aromatic carbocycles. The maximum Gasteiger partial charge on any atom is 0.270 e. The van der Waals surface area contributed by atoms with Crippen LogP contribution in [0.15, 0.2) is 36.8 Å². The van der Waals surface area contributed by atoms with Crippen molar-refractivity contribution >= 4 is 23.1 Å². The number of allylic oxidation sites excluding steroid dienone is 1. The fourth-order valence-electron chi connectivity index (χ4n) is 3.88. The molecule has 4 rings (SSSR count). The van der Waals surface area contributed by atoms with E-state index in [9.17, 15) is 13.6 Å². The van der Waals surface area contributed by atoms with Gasteiger partial charge in [-0.15, -0.1) is 0 Å². The summed E-state index contributed by atoms with van der Waals surface area (Å²) in [6.07, 6.45) is 7.17. The number of ether oxygens (including phenoxy) is 1. The molecule has 1 atom stereocenters. The van der Waals surface area contributed by atoms with E-state index >= 15 is 0 Å². The van der Waals surface area contributed by atoms with E-state index in [4.69, 9.17) is 9.72 Å². The number of amides is 1. The number of nitrogens with one attached hydrogen (secondary N) is 2. The lowest BCUT2D eigenvalue weighted by molar-refractivity contribution is 0.0886. The molecule has 0 saturated heterocycles. The molecule has 174 valence electrons. The van der Waals surface area contributed by atoms with Gasteiger partial charge in [0.25, 0.3) is 12.3 Å². The third-order valence-electron chi connectivity index (χ3n) is 5.38. The highest BCUT2D eigenvalue weighted by molar-refractivity contribution is 5.93. The second kappa shape index (κ2) is 10.0. The summed E-state index contributed by atoms with van der Waals surface area (Å²) in [5.74, 6) is -0.0398. The van der Waals surface area contributed by atoms with Crippen molar-refractivity contribution in [2.45, 2.75) is 38.7 Å². The molecular formula is C23H26F2N6O2. The summed E-state index contributed by atoms with van der Waals surface area (Å²) in [6.45, 7) is 1.84. The first-order chi connectivity index (χ1) is 16.0. The number of hydrogen-bond donors (Lipinski definition) is 2. The Labute approximate surface area is 190 Å². The van der Waals surface area contributed by atoms with Crippen molar-refractivity contribution in [3.8, 4) is 0 Å². The van der Waals surface area contributed by atoms with Crippen LogP contribution in [0.2, 0.25) is 0 Å². The number of anilines is 1. The topological polar surface area (TPSA) is 93.4 Å². The minimum absolute atomic E-state index is 0.0760. The molecule has 0 fully saturated rings. The van der Waals surface area contributed by atoms with Crippen molar-refractivity contribution in [2.24, 2.45) is 0 Å². The molecule has 8 nitrogen and oxygen atoms in total. The van der Waals surface area contributed by atoms with E-state index in [-0.39, 0.29) is 11.7 Å². The maximum atomic E-state index is 12.5.